The van der Waals surface area contributed by atoms with E-state index in [2.05, 4.69) is 11.4 Å². The summed E-state index contributed by atoms with van der Waals surface area (Å²) in [5, 5.41) is 0. The van der Waals surface area contributed by atoms with Crippen LogP contribution in [0.2, 0.25) is 0 Å². The van der Waals surface area contributed by atoms with Gasteiger partial charge in [0.15, 0.2) is 0 Å². The van der Waals surface area contributed by atoms with Gasteiger partial charge in [-0.15, -0.1) is 0 Å². The molecule has 0 atom stereocenters. The summed E-state index contributed by atoms with van der Waals surface area (Å²) in [6.07, 6.45) is 11.7. The van der Waals surface area contributed by atoms with Crippen molar-refractivity contribution >= 4 is 7.82 Å². The third-order valence-corrected chi connectivity index (χ3v) is 3.25. The molecule has 0 spiro atoms. The number of phosphoric ester groups is 1. The molecule has 0 aliphatic carbocycles. The summed E-state index contributed by atoms with van der Waals surface area (Å²) in [6, 6.07) is 0. The van der Waals surface area contributed by atoms with Gasteiger partial charge >= 0.3 is 37.7 Å². The van der Waals surface area contributed by atoms with E-state index in [1.165, 1.54) is 44.9 Å². The Kier molecular flexibility index (Phi) is 23.1. The topological polar surface area (TPSA) is 72.4 Å². The first-order chi connectivity index (χ1) is 8.06. The Morgan fingerprint density at radius 2 is 1.16 bits per heavy atom. The molecule has 19 heavy (non-hydrogen) atoms. The molecule has 0 aromatic rings. The molecule has 0 aliphatic heterocycles. The zero-order valence-corrected chi connectivity index (χ0v) is 13.8. The van der Waals surface area contributed by atoms with Gasteiger partial charge in [-0.1, -0.05) is 64.7 Å². The van der Waals surface area contributed by atoms with Crippen molar-refractivity contribution in [1.82, 2.24) is 0 Å². The van der Waals surface area contributed by atoms with Gasteiger partial charge in [-0.05, 0) is 6.42 Å². The zero-order valence-electron chi connectivity index (χ0n) is 12.9. The van der Waals surface area contributed by atoms with E-state index >= 15 is 0 Å². The van der Waals surface area contributed by atoms with Gasteiger partial charge in [0.05, 0.1) is 14.4 Å². The van der Waals surface area contributed by atoms with Gasteiger partial charge in [0.2, 0.25) is 0 Å². The fraction of sp³-hybridized carbons (Fsp3) is 1.00. The molecule has 0 bridgehead atoms. The monoisotopic (exact) mass is 278 g/mol. The summed E-state index contributed by atoms with van der Waals surface area (Å²) in [6.45, 7) is 2.26. The molecule has 4 nitrogen and oxygen atoms in total. The van der Waals surface area contributed by atoms with E-state index in [1.54, 1.807) is 0 Å². The van der Waals surface area contributed by atoms with E-state index in [9.17, 15) is 14.4 Å². The van der Waals surface area contributed by atoms with Crippen molar-refractivity contribution in [2.45, 2.75) is 71.1 Å². The summed E-state index contributed by atoms with van der Waals surface area (Å²) >= 11 is 0. The van der Waals surface area contributed by atoms with Crippen LogP contribution in [0, 0.1) is 0 Å². The molecule has 0 radical (unpaired) electrons. The third-order valence-electron chi connectivity index (χ3n) is 2.75. The molecule has 0 aromatic carbocycles. The fourth-order valence-corrected chi connectivity index (χ4v) is 2.12. The molecule has 0 rings (SSSR count). The van der Waals surface area contributed by atoms with Crippen LogP contribution >= 0.6 is 7.82 Å². The second kappa shape index (κ2) is 17.4. The minimum Gasteiger partial charge on any atom is -0.790 e. The summed E-state index contributed by atoms with van der Waals surface area (Å²) in [5.74, 6) is 0. The predicted octanol–water partition coefficient (Wildman–Crippen LogP) is -3.24. The molecule has 0 aromatic heterocycles. The smallest absolute Gasteiger partial charge is 0.790 e. The van der Waals surface area contributed by atoms with Crippen LogP contribution < -0.4 is 47.5 Å². The van der Waals surface area contributed by atoms with Crippen molar-refractivity contribution in [3.05, 3.63) is 0 Å². The van der Waals surface area contributed by atoms with Crippen molar-refractivity contribution < 1.29 is 56.6 Å². The standard InChI is InChI=1S/C12H27O4P.2Li/c1-2-3-4-5-6-7-8-9-10-11-12-16-17(13,14)15;;/h2-12H2,1H3,(H2,13,14,15);;/q;2*+1/p-2. The zero-order chi connectivity index (χ0) is 13.0. The van der Waals surface area contributed by atoms with E-state index < -0.39 is 7.82 Å². The molecule has 0 amide bonds. The maximum atomic E-state index is 10.1. The molecule has 0 saturated carbocycles. The molecular formula is C12H25Li2O4P. The largest absolute Gasteiger partial charge is 1.00 e. The van der Waals surface area contributed by atoms with Gasteiger partial charge in [0, 0.05) is 0 Å². The van der Waals surface area contributed by atoms with Crippen molar-refractivity contribution in [2.24, 2.45) is 0 Å². The first-order valence-electron chi connectivity index (χ1n) is 6.73. The SMILES string of the molecule is CCCCCCCCCCCCOP(=O)([O-])[O-].[Li+].[Li+]. The molecule has 104 valence electrons. The van der Waals surface area contributed by atoms with Gasteiger partial charge in [-0.3, -0.25) is 0 Å². The Labute approximate surface area is 142 Å². The van der Waals surface area contributed by atoms with E-state index in [1.807, 2.05) is 0 Å². The average molecular weight is 278 g/mol. The Balaban J connectivity index is -0.00000128. The van der Waals surface area contributed by atoms with Gasteiger partial charge < -0.3 is 18.9 Å². The third kappa shape index (κ3) is 24.7. The van der Waals surface area contributed by atoms with Crippen molar-refractivity contribution in [1.29, 1.82) is 0 Å². The van der Waals surface area contributed by atoms with E-state index in [4.69, 9.17) is 0 Å². The van der Waals surface area contributed by atoms with Crippen LogP contribution in [-0.2, 0) is 9.09 Å². The van der Waals surface area contributed by atoms with Gasteiger partial charge in [0.1, 0.15) is 0 Å². The van der Waals surface area contributed by atoms with Crippen LogP contribution in [0.3, 0.4) is 0 Å². The number of rotatable bonds is 12. The van der Waals surface area contributed by atoms with Gasteiger partial charge in [-0.25, -0.2) is 0 Å². The van der Waals surface area contributed by atoms with Crippen LogP contribution in [0.1, 0.15) is 71.1 Å². The van der Waals surface area contributed by atoms with E-state index in [0.29, 0.717) is 6.42 Å². The molecule has 7 heteroatoms. The summed E-state index contributed by atoms with van der Waals surface area (Å²) < 4.78 is 14.3. The average Bonchev–Trinajstić information content (AvgIpc) is 2.24. The first kappa shape index (κ1) is 25.3. The first-order valence-corrected chi connectivity index (χ1v) is 8.19. The maximum absolute atomic E-state index is 10.1. The molecular weight excluding hydrogens is 253 g/mol. The number of unbranched alkanes of at least 4 members (excludes halogenated alkanes) is 9. The molecule has 0 heterocycles. The molecule has 0 aliphatic rings. The minimum absolute atomic E-state index is 0. The second-order valence-electron chi connectivity index (χ2n) is 4.46. The van der Waals surface area contributed by atoms with Crippen molar-refractivity contribution in [3.8, 4) is 0 Å². The summed E-state index contributed by atoms with van der Waals surface area (Å²) in [5.41, 5.74) is 0. The Hall–Kier alpha value is 1.30. The summed E-state index contributed by atoms with van der Waals surface area (Å²) in [4.78, 5) is 20.3. The van der Waals surface area contributed by atoms with Crippen LogP contribution in [0.15, 0.2) is 0 Å². The molecule has 0 unspecified atom stereocenters. The van der Waals surface area contributed by atoms with Crippen LogP contribution in [0.25, 0.3) is 0 Å². The molecule has 0 saturated heterocycles. The summed E-state index contributed by atoms with van der Waals surface area (Å²) in [7, 11) is -4.74. The maximum Gasteiger partial charge on any atom is 1.00 e. The predicted molar refractivity (Wildman–Crippen MR) is 65.4 cm³/mol. The Bertz CT molecular complexity index is 212. The quantitative estimate of drug-likeness (QED) is 0.214. The van der Waals surface area contributed by atoms with Crippen LogP contribution in [-0.4, -0.2) is 6.61 Å². The normalized spacial score (nSPS) is 10.7. The number of hydrogen-bond donors (Lipinski definition) is 0. The number of phosphoric acid groups is 1. The molecule has 0 N–H and O–H groups in total. The second-order valence-corrected chi connectivity index (χ2v) is 5.62. The Morgan fingerprint density at radius 3 is 1.53 bits per heavy atom. The van der Waals surface area contributed by atoms with Crippen LogP contribution in [0.5, 0.6) is 0 Å². The Morgan fingerprint density at radius 1 is 0.789 bits per heavy atom. The van der Waals surface area contributed by atoms with E-state index in [-0.39, 0.29) is 44.3 Å². The number of hydrogen-bond acceptors (Lipinski definition) is 4. The fourth-order valence-electron chi connectivity index (χ4n) is 1.77. The van der Waals surface area contributed by atoms with Crippen molar-refractivity contribution in [3.63, 3.8) is 0 Å². The molecule has 0 fully saturated rings. The van der Waals surface area contributed by atoms with Gasteiger partial charge in [-0.2, -0.15) is 0 Å². The van der Waals surface area contributed by atoms with Crippen molar-refractivity contribution in [2.75, 3.05) is 6.61 Å². The minimum atomic E-state index is -4.74. The van der Waals surface area contributed by atoms with Gasteiger partial charge in [0.25, 0.3) is 0 Å². The van der Waals surface area contributed by atoms with E-state index in [0.717, 1.165) is 12.8 Å². The van der Waals surface area contributed by atoms with Crippen LogP contribution in [0.4, 0.5) is 0 Å².